The molecular formula is C20H23FN8O. The fraction of sp³-hybridized carbons (Fsp3) is 0.300. The highest BCUT2D eigenvalue weighted by Crippen LogP contribution is 2.28. The van der Waals surface area contributed by atoms with Crippen molar-refractivity contribution in [2.24, 2.45) is 11.5 Å². The van der Waals surface area contributed by atoms with Gasteiger partial charge in [0.15, 0.2) is 11.6 Å². The average molecular weight is 410 g/mol. The number of nitrogens with one attached hydrogen (secondary N) is 3. The van der Waals surface area contributed by atoms with Crippen LogP contribution in [0.5, 0.6) is 0 Å². The summed E-state index contributed by atoms with van der Waals surface area (Å²) in [7, 11) is 0. The number of carbonyl (C=O) groups is 1. The van der Waals surface area contributed by atoms with Crippen LogP contribution in [0.15, 0.2) is 36.9 Å². The molecule has 0 bridgehead atoms. The zero-order valence-electron chi connectivity index (χ0n) is 16.2. The molecule has 1 aliphatic rings. The first-order valence-corrected chi connectivity index (χ1v) is 9.75. The first-order chi connectivity index (χ1) is 14.5. The van der Waals surface area contributed by atoms with E-state index in [1.165, 1.54) is 0 Å². The Kier molecular flexibility index (Phi) is 5.57. The molecule has 30 heavy (non-hydrogen) atoms. The highest BCUT2D eigenvalue weighted by atomic mass is 19.1. The molecule has 0 aliphatic heterocycles. The first-order valence-electron chi connectivity index (χ1n) is 9.75. The van der Waals surface area contributed by atoms with Gasteiger partial charge in [-0.05, 0) is 25.0 Å². The Balaban J connectivity index is 1.64. The van der Waals surface area contributed by atoms with Crippen LogP contribution in [0.2, 0.25) is 0 Å². The summed E-state index contributed by atoms with van der Waals surface area (Å²) in [4.78, 5) is 20.4. The lowest BCUT2D eigenvalue weighted by Crippen LogP contribution is -2.43. The summed E-state index contributed by atoms with van der Waals surface area (Å²) < 4.78 is 14.6. The highest BCUT2D eigenvalue weighted by molar-refractivity contribution is 5.98. The molecule has 3 heterocycles. The highest BCUT2D eigenvalue weighted by Gasteiger charge is 2.24. The van der Waals surface area contributed by atoms with E-state index in [9.17, 15) is 9.18 Å². The number of nitrogens with zero attached hydrogens (tertiary/aromatic N) is 3. The monoisotopic (exact) mass is 410 g/mol. The maximum atomic E-state index is 14.6. The number of rotatable bonds is 6. The summed E-state index contributed by atoms with van der Waals surface area (Å²) in [5.41, 5.74) is 13.8. The van der Waals surface area contributed by atoms with Gasteiger partial charge in [0.25, 0.3) is 5.91 Å². The summed E-state index contributed by atoms with van der Waals surface area (Å²) in [5, 5.41) is 12.8. The lowest BCUT2D eigenvalue weighted by atomic mass is 9.91. The number of amides is 1. The summed E-state index contributed by atoms with van der Waals surface area (Å²) in [6, 6.07) is 2.74. The molecule has 0 unspecified atom stereocenters. The van der Waals surface area contributed by atoms with Crippen molar-refractivity contribution in [3.8, 4) is 11.1 Å². The van der Waals surface area contributed by atoms with Crippen LogP contribution in [0.25, 0.3) is 11.1 Å². The van der Waals surface area contributed by atoms with Crippen LogP contribution in [0.1, 0.15) is 36.0 Å². The molecule has 4 rings (SSSR count). The van der Waals surface area contributed by atoms with Crippen LogP contribution in [0.3, 0.4) is 0 Å². The number of pyridine rings is 2. The van der Waals surface area contributed by atoms with E-state index >= 15 is 0 Å². The van der Waals surface area contributed by atoms with Gasteiger partial charge in [-0.1, -0.05) is 12.8 Å². The third kappa shape index (κ3) is 4.23. The molecule has 0 saturated heterocycles. The van der Waals surface area contributed by atoms with E-state index in [4.69, 9.17) is 11.5 Å². The van der Waals surface area contributed by atoms with Crippen molar-refractivity contribution in [2.45, 2.75) is 37.8 Å². The molecule has 7 N–H and O–H groups in total. The normalized spacial score (nSPS) is 18.7. The summed E-state index contributed by atoms with van der Waals surface area (Å²) in [6.45, 7) is 0. The molecule has 1 amide bonds. The Morgan fingerprint density at radius 2 is 1.97 bits per heavy atom. The number of nitrogens with two attached hydrogens (primary N) is 2. The van der Waals surface area contributed by atoms with Crippen molar-refractivity contribution >= 4 is 23.2 Å². The fourth-order valence-corrected chi connectivity index (χ4v) is 3.60. The predicted octanol–water partition coefficient (Wildman–Crippen LogP) is 2.53. The largest absolute Gasteiger partial charge is 0.365 e. The van der Waals surface area contributed by atoms with Gasteiger partial charge >= 0.3 is 0 Å². The predicted molar refractivity (Wildman–Crippen MR) is 112 cm³/mol. The van der Waals surface area contributed by atoms with Gasteiger partial charge in [0, 0.05) is 35.6 Å². The standard InChI is InChI=1S/C20H23FN8O/c21-15-6-14(18(23)30)19(29-20(15)28-17-4-2-1-3-16(17)22)27-13-5-11(7-24-10-13)12-8-25-26-9-12/h5-10,16-17H,1-4,22H2,(H2,23,30)(H,25,26)(H2,27,28,29)/t16-,17+/m0/s1. The van der Waals surface area contributed by atoms with E-state index in [0.717, 1.165) is 42.9 Å². The molecule has 1 fully saturated rings. The zero-order valence-corrected chi connectivity index (χ0v) is 16.2. The van der Waals surface area contributed by atoms with Gasteiger partial charge < -0.3 is 22.1 Å². The number of carbonyl (C=O) groups excluding carboxylic acids is 1. The van der Waals surface area contributed by atoms with Crippen LogP contribution < -0.4 is 22.1 Å². The number of aromatic amines is 1. The van der Waals surface area contributed by atoms with Crippen LogP contribution in [-0.2, 0) is 0 Å². The van der Waals surface area contributed by atoms with Gasteiger partial charge in [-0.15, -0.1) is 0 Å². The number of halogens is 1. The Bertz CT molecular complexity index is 1040. The van der Waals surface area contributed by atoms with Crippen molar-refractivity contribution in [3.05, 3.63) is 48.3 Å². The molecule has 10 heteroatoms. The third-order valence-electron chi connectivity index (χ3n) is 5.22. The Morgan fingerprint density at radius 1 is 1.13 bits per heavy atom. The second-order valence-corrected chi connectivity index (χ2v) is 7.35. The van der Waals surface area contributed by atoms with E-state index in [1.807, 2.05) is 6.07 Å². The number of primary amides is 1. The topological polar surface area (TPSA) is 148 Å². The molecule has 156 valence electrons. The molecule has 0 radical (unpaired) electrons. The lowest BCUT2D eigenvalue weighted by molar-refractivity contribution is 0.100. The minimum atomic E-state index is -0.788. The maximum Gasteiger partial charge on any atom is 0.252 e. The first kappa shape index (κ1) is 19.8. The number of H-pyrrole nitrogens is 1. The molecule has 0 aromatic carbocycles. The van der Waals surface area contributed by atoms with E-state index < -0.39 is 11.7 Å². The van der Waals surface area contributed by atoms with Gasteiger partial charge in [-0.3, -0.25) is 14.9 Å². The molecule has 3 aromatic heterocycles. The molecule has 1 aliphatic carbocycles. The van der Waals surface area contributed by atoms with Crippen LogP contribution in [-0.4, -0.2) is 38.2 Å². The van der Waals surface area contributed by atoms with Crippen molar-refractivity contribution in [1.82, 2.24) is 20.2 Å². The van der Waals surface area contributed by atoms with Gasteiger partial charge in [0.1, 0.15) is 5.82 Å². The Hall–Kier alpha value is -3.53. The third-order valence-corrected chi connectivity index (χ3v) is 5.22. The Morgan fingerprint density at radius 3 is 2.70 bits per heavy atom. The maximum absolute atomic E-state index is 14.6. The molecular weight excluding hydrogens is 387 g/mol. The van der Waals surface area contributed by atoms with Gasteiger partial charge in [-0.2, -0.15) is 5.10 Å². The summed E-state index contributed by atoms with van der Waals surface area (Å²) in [5.74, 6) is -1.27. The van der Waals surface area contributed by atoms with E-state index in [0.29, 0.717) is 5.69 Å². The molecule has 9 nitrogen and oxygen atoms in total. The van der Waals surface area contributed by atoms with Crippen LogP contribution in [0.4, 0.5) is 21.7 Å². The second-order valence-electron chi connectivity index (χ2n) is 7.35. The second kappa shape index (κ2) is 8.46. The lowest BCUT2D eigenvalue weighted by Gasteiger charge is -2.30. The molecule has 1 saturated carbocycles. The summed E-state index contributed by atoms with van der Waals surface area (Å²) in [6.07, 6.45) is 10.4. The minimum absolute atomic E-state index is 0.0313. The van der Waals surface area contributed by atoms with Crippen molar-refractivity contribution in [2.75, 3.05) is 10.6 Å². The minimum Gasteiger partial charge on any atom is -0.365 e. The van der Waals surface area contributed by atoms with E-state index in [-0.39, 0.29) is 29.3 Å². The van der Waals surface area contributed by atoms with Crippen LogP contribution in [0, 0.1) is 5.82 Å². The van der Waals surface area contributed by atoms with Gasteiger partial charge in [-0.25, -0.2) is 9.37 Å². The quantitative estimate of drug-likeness (QED) is 0.419. The molecule has 2 atom stereocenters. The van der Waals surface area contributed by atoms with Crippen LogP contribution >= 0.6 is 0 Å². The average Bonchev–Trinajstić information content (AvgIpc) is 3.27. The van der Waals surface area contributed by atoms with Gasteiger partial charge in [0.05, 0.1) is 23.6 Å². The van der Waals surface area contributed by atoms with E-state index in [2.05, 4.69) is 30.8 Å². The fourth-order valence-electron chi connectivity index (χ4n) is 3.60. The SMILES string of the molecule is NC(=O)c1cc(F)c(N[C@@H]2CCCC[C@@H]2N)nc1Nc1cncc(-c2cn[nH]c2)c1. The molecule has 0 spiro atoms. The number of aromatic nitrogens is 4. The number of hydrogen-bond acceptors (Lipinski definition) is 7. The number of hydrogen-bond donors (Lipinski definition) is 5. The smallest absolute Gasteiger partial charge is 0.252 e. The number of anilines is 3. The van der Waals surface area contributed by atoms with Crippen molar-refractivity contribution < 1.29 is 9.18 Å². The zero-order chi connectivity index (χ0) is 21.1. The Labute approximate surface area is 172 Å². The van der Waals surface area contributed by atoms with Crippen molar-refractivity contribution in [1.29, 1.82) is 0 Å². The van der Waals surface area contributed by atoms with E-state index in [1.54, 1.807) is 24.8 Å². The summed E-state index contributed by atoms with van der Waals surface area (Å²) >= 11 is 0. The van der Waals surface area contributed by atoms with Gasteiger partial charge in [0.2, 0.25) is 0 Å². The van der Waals surface area contributed by atoms with Crippen molar-refractivity contribution in [3.63, 3.8) is 0 Å². The molecule has 3 aromatic rings.